The van der Waals surface area contributed by atoms with Crippen LogP contribution in [0.3, 0.4) is 0 Å². The number of nitrogens with one attached hydrogen (secondary N) is 2. The number of rotatable bonds is 20. The minimum absolute atomic E-state index is 0.0598. The minimum atomic E-state index is -4.32. The number of carbonyl (C=O) groups is 3. The minimum Gasteiger partial charge on any atom is -0.377 e. The number of hydrogen-bond donors (Lipinski definition) is 2. The van der Waals surface area contributed by atoms with Gasteiger partial charge in [0.25, 0.3) is 21.8 Å². The zero-order valence-electron chi connectivity index (χ0n) is 36.4. The normalized spacial score (nSPS) is 13.7. The van der Waals surface area contributed by atoms with E-state index >= 15 is 4.79 Å². The van der Waals surface area contributed by atoms with Crippen molar-refractivity contribution in [3.63, 3.8) is 0 Å². The van der Waals surface area contributed by atoms with Crippen LogP contribution in [0.2, 0.25) is 5.02 Å². The molecule has 0 saturated carbocycles. The van der Waals surface area contributed by atoms with Crippen molar-refractivity contribution in [3.05, 3.63) is 159 Å². The van der Waals surface area contributed by atoms with Crippen LogP contribution in [-0.4, -0.2) is 79.6 Å². The van der Waals surface area contributed by atoms with Gasteiger partial charge in [-0.25, -0.2) is 17.8 Å². The summed E-state index contributed by atoms with van der Waals surface area (Å²) in [6.07, 6.45) is 3.93. The van der Waals surface area contributed by atoms with Crippen molar-refractivity contribution in [3.8, 4) is 5.69 Å². The molecule has 12 nitrogen and oxygen atoms in total. The van der Waals surface area contributed by atoms with Crippen LogP contribution in [0.1, 0.15) is 98.7 Å². The van der Waals surface area contributed by atoms with Crippen molar-refractivity contribution < 1.29 is 32.3 Å². The smallest absolute Gasteiger partial charge is 0.275 e. The summed E-state index contributed by atoms with van der Waals surface area (Å²) in [6, 6.07) is 31.7. The number of benzene rings is 5. The SMILES string of the molecule is CCCCN(CCCC)C(=O)c1nn(-c2ccc(C(=O)NS(=O)(=O)c3ccc4ccccc4c3)cc2C(=O)c2cccc3c2CC(COCCOCc2ccccc2)NC3)c(C)c1Cl. The topological polar surface area (TPSA) is 149 Å². The number of sulfonamides is 1. The van der Waals surface area contributed by atoms with E-state index in [-0.39, 0.29) is 44.4 Å². The Kier molecular flexibility index (Phi) is 15.4. The summed E-state index contributed by atoms with van der Waals surface area (Å²) in [7, 11) is -4.32. The first kappa shape index (κ1) is 46.3. The van der Waals surface area contributed by atoms with Crippen LogP contribution >= 0.6 is 11.6 Å². The zero-order valence-corrected chi connectivity index (χ0v) is 38.0. The van der Waals surface area contributed by atoms with Crippen LogP contribution in [0.4, 0.5) is 0 Å². The molecule has 1 unspecified atom stereocenters. The highest BCUT2D eigenvalue weighted by atomic mass is 35.5. The molecule has 0 aliphatic carbocycles. The Morgan fingerprint density at radius 3 is 2.31 bits per heavy atom. The number of aromatic nitrogens is 2. The van der Waals surface area contributed by atoms with E-state index in [1.165, 1.54) is 35.0 Å². The summed E-state index contributed by atoms with van der Waals surface area (Å²) in [4.78, 5) is 44.7. The summed E-state index contributed by atoms with van der Waals surface area (Å²) in [5.74, 6) is -1.65. The first-order chi connectivity index (χ1) is 31.0. The third-order valence-corrected chi connectivity index (χ3v) is 13.2. The highest BCUT2D eigenvalue weighted by Crippen LogP contribution is 2.31. The van der Waals surface area contributed by atoms with Crippen molar-refractivity contribution in [2.24, 2.45) is 0 Å². The number of unbranched alkanes of at least 4 members (excludes halogenated alkanes) is 2. The molecule has 64 heavy (non-hydrogen) atoms. The third-order valence-electron chi connectivity index (χ3n) is 11.4. The monoisotopic (exact) mass is 903 g/mol. The maximum atomic E-state index is 15.1. The second-order valence-corrected chi connectivity index (χ2v) is 18.1. The van der Waals surface area contributed by atoms with E-state index in [0.717, 1.165) is 47.8 Å². The molecule has 2 amide bonds. The number of carbonyl (C=O) groups excluding carboxylic acids is 3. The number of fused-ring (bicyclic) bond motifs is 2. The zero-order chi connectivity index (χ0) is 45.2. The first-order valence-corrected chi connectivity index (χ1v) is 23.7. The van der Waals surface area contributed by atoms with Crippen LogP contribution in [0.25, 0.3) is 16.5 Å². The number of amides is 2. The van der Waals surface area contributed by atoms with E-state index in [1.807, 2.05) is 54.6 Å². The molecular weight excluding hydrogens is 850 g/mol. The molecule has 1 atom stereocenters. The Labute approximate surface area is 380 Å². The average molecular weight is 905 g/mol. The molecule has 0 radical (unpaired) electrons. The fourth-order valence-electron chi connectivity index (χ4n) is 7.83. The van der Waals surface area contributed by atoms with E-state index < -0.39 is 21.7 Å². The molecule has 1 aromatic heterocycles. The molecule has 0 fully saturated rings. The van der Waals surface area contributed by atoms with Gasteiger partial charge in [0, 0.05) is 42.4 Å². The van der Waals surface area contributed by atoms with Crippen LogP contribution in [0.15, 0.2) is 114 Å². The molecule has 2 heterocycles. The predicted molar refractivity (Wildman–Crippen MR) is 249 cm³/mol. The Morgan fingerprint density at radius 1 is 0.844 bits per heavy atom. The average Bonchev–Trinajstić information content (AvgIpc) is 3.61. The van der Waals surface area contributed by atoms with Gasteiger partial charge < -0.3 is 19.7 Å². The Balaban J connectivity index is 1.19. The van der Waals surface area contributed by atoms with Crippen LogP contribution in [-0.2, 0) is 39.1 Å². The predicted octanol–water partition coefficient (Wildman–Crippen LogP) is 8.63. The lowest BCUT2D eigenvalue weighted by Gasteiger charge is -2.28. The van der Waals surface area contributed by atoms with Gasteiger partial charge in [-0.1, -0.05) is 117 Å². The van der Waals surface area contributed by atoms with Crippen molar-refractivity contribution in [2.75, 3.05) is 32.9 Å². The molecule has 334 valence electrons. The maximum absolute atomic E-state index is 15.1. The van der Waals surface area contributed by atoms with E-state index in [9.17, 15) is 18.0 Å². The first-order valence-electron chi connectivity index (χ1n) is 21.8. The fraction of sp³-hybridized carbons (Fsp3) is 0.320. The van der Waals surface area contributed by atoms with Gasteiger partial charge in [-0.05, 0) is 84.0 Å². The van der Waals surface area contributed by atoms with Crippen LogP contribution in [0.5, 0.6) is 0 Å². The van der Waals surface area contributed by atoms with E-state index in [1.54, 1.807) is 36.1 Å². The lowest BCUT2D eigenvalue weighted by atomic mass is 9.87. The van der Waals surface area contributed by atoms with Gasteiger partial charge in [-0.2, -0.15) is 5.10 Å². The van der Waals surface area contributed by atoms with Gasteiger partial charge in [-0.15, -0.1) is 0 Å². The van der Waals surface area contributed by atoms with Gasteiger partial charge in [0.05, 0.1) is 47.7 Å². The number of halogens is 1. The molecule has 0 saturated heterocycles. The van der Waals surface area contributed by atoms with E-state index in [0.29, 0.717) is 69.1 Å². The molecule has 14 heteroatoms. The summed E-state index contributed by atoms with van der Waals surface area (Å²) in [5, 5.41) is 9.95. The van der Waals surface area contributed by atoms with Crippen molar-refractivity contribution >= 4 is 50.0 Å². The van der Waals surface area contributed by atoms with Crippen molar-refractivity contribution in [1.82, 2.24) is 24.7 Å². The number of ether oxygens (including phenoxy) is 2. The molecule has 0 bridgehead atoms. The van der Waals surface area contributed by atoms with Gasteiger partial charge >= 0.3 is 0 Å². The number of hydrogen-bond acceptors (Lipinski definition) is 9. The quantitative estimate of drug-likeness (QED) is 0.0568. The lowest BCUT2D eigenvalue weighted by Crippen LogP contribution is -2.40. The number of ketones is 1. The van der Waals surface area contributed by atoms with E-state index in [4.69, 9.17) is 26.2 Å². The molecular formula is C50H54ClN5O7S. The van der Waals surface area contributed by atoms with Gasteiger partial charge in [-0.3, -0.25) is 14.4 Å². The molecule has 1 aliphatic rings. The molecule has 2 N–H and O–H groups in total. The molecule has 5 aromatic carbocycles. The fourth-order valence-corrected chi connectivity index (χ4v) is 9.04. The largest absolute Gasteiger partial charge is 0.377 e. The Bertz CT molecular complexity index is 2730. The molecule has 1 aliphatic heterocycles. The van der Waals surface area contributed by atoms with Crippen molar-refractivity contribution in [1.29, 1.82) is 0 Å². The standard InChI is InChI=1S/C50H54ClN5O7S/c1-4-6-24-55(25-7-5-2)50(59)47-46(51)34(3)56(53-47)45-23-21-38(49(58)54-64(60,61)41-22-20-36-16-11-12-17-37(36)28-41)29-44(45)48(57)42-19-13-18-39-31-52-40(30-43(39)42)33-63-27-26-62-32-35-14-9-8-10-15-35/h8-23,28-29,40,52H,4-7,24-27,30-33H2,1-3H3,(H,54,58). The molecule has 7 rings (SSSR count). The summed E-state index contributed by atoms with van der Waals surface area (Å²) >= 11 is 6.90. The second-order valence-electron chi connectivity index (χ2n) is 16.0. The highest BCUT2D eigenvalue weighted by Gasteiger charge is 2.30. The van der Waals surface area contributed by atoms with Crippen LogP contribution in [0, 0.1) is 6.92 Å². The third kappa shape index (κ3) is 10.8. The molecule has 6 aromatic rings. The number of nitrogens with zero attached hydrogens (tertiary/aromatic N) is 3. The van der Waals surface area contributed by atoms with Gasteiger partial charge in [0.1, 0.15) is 0 Å². The maximum Gasteiger partial charge on any atom is 0.275 e. The Morgan fingerprint density at radius 2 is 1.56 bits per heavy atom. The Hall–Kier alpha value is -5.70. The summed E-state index contributed by atoms with van der Waals surface area (Å²) in [6.45, 7) is 9.16. The lowest BCUT2D eigenvalue weighted by molar-refractivity contribution is 0.0319. The van der Waals surface area contributed by atoms with Gasteiger partial charge in [0.15, 0.2) is 11.5 Å². The second kappa shape index (κ2) is 21.3. The summed E-state index contributed by atoms with van der Waals surface area (Å²) < 4.78 is 42.7. The summed E-state index contributed by atoms with van der Waals surface area (Å²) in [5.41, 5.74) is 4.02. The van der Waals surface area contributed by atoms with Crippen molar-refractivity contribution in [2.45, 2.75) is 77.0 Å². The van der Waals surface area contributed by atoms with E-state index in [2.05, 4.69) is 23.9 Å². The molecule has 0 spiro atoms. The van der Waals surface area contributed by atoms with Gasteiger partial charge in [0.2, 0.25) is 0 Å². The van der Waals surface area contributed by atoms with Crippen LogP contribution < -0.4 is 10.0 Å². The highest BCUT2D eigenvalue weighted by molar-refractivity contribution is 7.90.